The summed E-state index contributed by atoms with van der Waals surface area (Å²) in [5.74, 6) is 0.603. The van der Waals surface area contributed by atoms with Gasteiger partial charge < -0.3 is 30.6 Å². The largest absolute Gasteiger partial charge is 0.475 e. The molecule has 0 bridgehead atoms. The first kappa shape index (κ1) is 23.0. The molecule has 3 unspecified atom stereocenters. The Bertz CT molecular complexity index is 1100. The number of phosphoric ester groups is 1. The molecule has 5 N–H and O–H groups in total. The van der Waals surface area contributed by atoms with Gasteiger partial charge in [-0.3, -0.25) is 18.6 Å². The third-order valence-electron chi connectivity index (χ3n) is 5.82. The van der Waals surface area contributed by atoms with Crippen molar-refractivity contribution in [3.05, 3.63) is 52.7 Å². The molecule has 0 amide bonds. The molecule has 0 spiro atoms. The van der Waals surface area contributed by atoms with E-state index in [1.807, 2.05) is 6.07 Å². The number of nitrogens with one attached hydrogen (secondary N) is 1. The molecule has 5 rings (SSSR count). The maximum absolute atomic E-state index is 13.0. The number of nitrogens with zero attached hydrogens (tertiary/aromatic N) is 2. The highest BCUT2D eigenvalue weighted by atomic mass is 35.5. The summed E-state index contributed by atoms with van der Waals surface area (Å²) in [4.78, 5) is 4.07. The Morgan fingerprint density at radius 1 is 1.33 bits per heavy atom. The van der Waals surface area contributed by atoms with E-state index < -0.39 is 44.6 Å². The normalized spacial score (nSPS) is 35.9. The molecule has 3 aliphatic rings. The average Bonchev–Trinajstić information content (AvgIpc) is 3.35. The van der Waals surface area contributed by atoms with Crippen LogP contribution in [0.15, 0.2) is 41.5 Å². The van der Waals surface area contributed by atoms with Gasteiger partial charge in [0.15, 0.2) is 6.23 Å². The second-order valence-corrected chi connectivity index (χ2v) is 10.0. The van der Waals surface area contributed by atoms with Gasteiger partial charge in [0.25, 0.3) is 0 Å². The maximum atomic E-state index is 13.0. The van der Waals surface area contributed by atoms with Gasteiger partial charge in [-0.15, -0.1) is 0 Å². The van der Waals surface area contributed by atoms with Gasteiger partial charge in [0.2, 0.25) is 0 Å². The first-order chi connectivity index (χ1) is 15.8. The number of hydrogen-bond acceptors (Lipinski definition) is 10. The minimum Gasteiger partial charge on any atom is -0.387 e. The van der Waals surface area contributed by atoms with Crippen LogP contribution in [-0.4, -0.2) is 52.6 Å². The zero-order chi connectivity index (χ0) is 23.2. The van der Waals surface area contributed by atoms with E-state index in [-0.39, 0.29) is 13.2 Å². The van der Waals surface area contributed by atoms with Crippen molar-refractivity contribution in [3.8, 4) is 0 Å². The number of nitrogens with two attached hydrogens (primary N) is 1. The zero-order valence-electron chi connectivity index (χ0n) is 17.4. The van der Waals surface area contributed by atoms with Crippen molar-refractivity contribution in [2.45, 2.75) is 43.2 Å². The van der Waals surface area contributed by atoms with Crippen LogP contribution in [0.25, 0.3) is 0 Å². The highest BCUT2D eigenvalue weighted by Crippen LogP contribution is 2.57. The van der Waals surface area contributed by atoms with Gasteiger partial charge >= 0.3 is 7.82 Å². The third kappa shape index (κ3) is 4.49. The number of aliphatic hydroxyl groups excluding tert-OH is 2. The van der Waals surface area contributed by atoms with Crippen LogP contribution in [0.2, 0.25) is 5.02 Å². The van der Waals surface area contributed by atoms with Crippen LogP contribution in [0.4, 0.5) is 5.82 Å². The number of aliphatic imine (C=N–C) groups is 1. The minimum absolute atomic E-state index is 0.163. The van der Waals surface area contributed by atoms with Gasteiger partial charge in [0, 0.05) is 23.2 Å². The molecule has 0 aliphatic carbocycles. The van der Waals surface area contributed by atoms with Crippen molar-refractivity contribution in [1.82, 2.24) is 4.57 Å². The molecule has 4 heterocycles. The number of ether oxygens (including phenoxy) is 1. The number of halogens is 1. The van der Waals surface area contributed by atoms with E-state index in [1.165, 1.54) is 6.34 Å². The van der Waals surface area contributed by atoms with Crippen molar-refractivity contribution in [2.75, 3.05) is 18.5 Å². The fraction of sp³-hybridized carbons (Fsp3) is 0.450. The number of aliphatic hydroxyl groups is 2. The van der Waals surface area contributed by atoms with Crippen LogP contribution in [0.3, 0.4) is 0 Å². The molecule has 178 valence electrons. The number of anilines is 1. The van der Waals surface area contributed by atoms with Crippen molar-refractivity contribution in [1.29, 1.82) is 0 Å². The molecule has 3 aliphatic heterocycles. The predicted octanol–water partition coefficient (Wildman–Crippen LogP) is 2.47. The van der Waals surface area contributed by atoms with E-state index in [1.54, 1.807) is 35.0 Å². The number of fused-ring (bicyclic) bond motifs is 1. The van der Waals surface area contributed by atoms with Crippen molar-refractivity contribution in [3.63, 3.8) is 0 Å². The van der Waals surface area contributed by atoms with Crippen molar-refractivity contribution in [2.24, 2.45) is 10.7 Å². The Morgan fingerprint density at radius 3 is 3.00 bits per heavy atom. The van der Waals surface area contributed by atoms with Crippen molar-refractivity contribution < 1.29 is 33.1 Å². The van der Waals surface area contributed by atoms with E-state index >= 15 is 0 Å². The molecule has 13 heteroatoms. The quantitative estimate of drug-likeness (QED) is 0.456. The highest BCUT2D eigenvalue weighted by molar-refractivity contribution is 7.48. The van der Waals surface area contributed by atoms with E-state index in [0.717, 1.165) is 11.1 Å². The Balaban J connectivity index is 1.25. The molecular weight excluding hydrogens is 475 g/mol. The maximum Gasteiger partial charge on any atom is 0.475 e. The van der Waals surface area contributed by atoms with E-state index in [9.17, 15) is 14.8 Å². The van der Waals surface area contributed by atoms with Gasteiger partial charge in [-0.25, -0.2) is 4.57 Å². The summed E-state index contributed by atoms with van der Waals surface area (Å²) >= 11 is 6.04. The SMILES string of the molecule is NC1N=CNc2c1ccn2[C@@H]1O[C@H](COP2(=O)OCCC(c3cccc(Cl)c3)O2)[C@@H](O)[C@H]1O. The molecule has 7 atom stereocenters. The summed E-state index contributed by atoms with van der Waals surface area (Å²) in [7, 11) is -3.92. The summed E-state index contributed by atoms with van der Waals surface area (Å²) in [6.07, 6.45) is -1.88. The molecule has 0 saturated carbocycles. The molecule has 2 aromatic rings. The first-order valence-corrected chi connectivity index (χ1v) is 12.3. The van der Waals surface area contributed by atoms with Gasteiger partial charge in [-0.2, -0.15) is 0 Å². The lowest BCUT2D eigenvalue weighted by atomic mass is 10.1. The number of benzene rings is 1. The number of phosphoric acid groups is 1. The fourth-order valence-electron chi connectivity index (χ4n) is 4.10. The minimum atomic E-state index is -3.92. The molecular formula is C20H24ClN4O7P. The molecule has 11 nitrogen and oxygen atoms in total. The number of rotatable bonds is 5. The third-order valence-corrected chi connectivity index (χ3v) is 7.53. The van der Waals surface area contributed by atoms with Gasteiger partial charge in [-0.1, -0.05) is 23.7 Å². The highest BCUT2D eigenvalue weighted by Gasteiger charge is 2.46. The molecule has 1 aromatic carbocycles. The number of aromatic nitrogens is 1. The zero-order valence-corrected chi connectivity index (χ0v) is 19.0. The molecule has 2 saturated heterocycles. The van der Waals surface area contributed by atoms with E-state index in [4.69, 9.17) is 35.6 Å². The molecule has 33 heavy (non-hydrogen) atoms. The van der Waals surface area contributed by atoms with Crippen LogP contribution in [-0.2, 0) is 22.9 Å². The molecule has 1 aromatic heterocycles. The van der Waals surface area contributed by atoms with E-state index in [0.29, 0.717) is 17.3 Å². The second-order valence-electron chi connectivity index (χ2n) is 7.95. The lowest BCUT2D eigenvalue weighted by Crippen LogP contribution is -2.34. The van der Waals surface area contributed by atoms with Gasteiger partial charge in [0.1, 0.15) is 30.3 Å². The van der Waals surface area contributed by atoms with Gasteiger partial charge in [0.05, 0.1) is 25.7 Å². The molecule has 0 radical (unpaired) electrons. The topological polar surface area (TPSA) is 150 Å². The summed E-state index contributed by atoms with van der Waals surface area (Å²) in [5.41, 5.74) is 7.45. The average molecular weight is 499 g/mol. The fourth-order valence-corrected chi connectivity index (χ4v) is 5.70. The second kappa shape index (κ2) is 9.10. The van der Waals surface area contributed by atoms with Crippen molar-refractivity contribution >= 4 is 31.6 Å². The Morgan fingerprint density at radius 2 is 2.18 bits per heavy atom. The summed E-state index contributed by atoms with van der Waals surface area (Å²) in [5, 5.41) is 24.6. The standard InChI is InChI=1S/C20H24ClN4O7P/c21-12-3-1-2-11(8-12)14-5-7-29-33(28,32-14)30-9-15-16(26)17(27)20(31-15)25-6-4-13-18(22)23-10-24-19(13)25/h1-4,6,8,10,14-18,20,26-27H,5,7,9,22H2,(H,23,24)/t14?,15-,16-,17-,18?,20-,33?/m1/s1. The monoisotopic (exact) mass is 498 g/mol. The summed E-state index contributed by atoms with van der Waals surface area (Å²) in [6, 6.07) is 8.82. The lowest BCUT2D eigenvalue weighted by Gasteiger charge is -2.30. The van der Waals surface area contributed by atoms with Crippen LogP contribution in [0.5, 0.6) is 0 Å². The summed E-state index contributed by atoms with van der Waals surface area (Å²) in [6.45, 7) is -0.150. The Kier molecular flexibility index (Phi) is 6.34. The number of hydrogen-bond donors (Lipinski definition) is 4. The lowest BCUT2D eigenvalue weighted by molar-refractivity contribution is -0.0582. The van der Waals surface area contributed by atoms with Crippen LogP contribution in [0.1, 0.15) is 36.0 Å². The first-order valence-electron chi connectivity index (χ1n) is 10.4. The molecule has 2 fully saturated rings. The smallest absolute Gasteiger partial charge is 0.387 e. The van der Waals surface area contributed by atoms with Crippen LogP contribution in [0, 0.1) is 0 Å². The Labute approximate surface area is 194 Å². The summed E-state index contributed by atoms with van der Waals surface area (Å²) < 4.78 is 36.9. The van der Waals surface area contributed by atoms with Crippen LogP contribution < -0.4 is 11.1 Å². The Hall–Kier alpha value is -1.79. The van der Waals surface area contributed by atoms with Crippen LogP contribution >= 0.6 is 19.4 Å². The van der Waals surface area contributed by atoms with E-state index in [2.05, 4.69) is 10.3 Å². The predicted molar refractivity (Wildman–Crippen MR) is 119 cm³/mol. The van der Waals surface area contributed by atoms with Gasteiger partial charge in [-0.05, 0) is 23.8 Å².